The Labute approximate surface area is 189 Å². The third-order valence-electron chi connectivity index (χ3n) is 4.94. The topological polar surface area (TPSA) is 72.7 Å². The zero-order chi connectivity index (χ0) is 22.3. The number of pyridine rings is 1. The SMILES string of the molecule is Cn1c(CCNC(=O)c2cccc(-c3ccc(F)cc3)c2)nnc1SCc1ccccn1. The first-order valence-corrected chi connectivity index (χ1v) is 11.1. The van der Waals surface area contributed by atoms with Gasteiger partial charge in [-0.05, 0) is 47.5 Å². The van der Waals surface area contributed by atoms with E-state index in [1.807, 2.05) is 41.9 Å². The van der Waals surface area contributed by atoms with Crippen molar-refractivity contribution in [3.63, 3.8) is 0 Å². The Hall–Kier alpha value is -3.52. The van der Waals surface area contributed by atoms with E-state index in [2.05, 4.69) is 20.5 Å². The molecule has 6 nitrogen and oxygen atoms in total. The van der Waals surface area contributed by atoms with Crippen molar-refractivity contribution in [3.8, 4) is 11.1 Å². The van der Waals surface area contributed by atoms with Crippen molar-refractivity contribution in [3.05, 3.63) is 95.8 Å². The van der Waals surface area contributed by atoms with Crippen molar-refractivity contribution in [1.29, 1.82) is 0 Å². The summed E-state index contributed by atoms with van der Waals surface area (Å²) in [5.41, 5.74) is 3.25. The second-order valence-electron chi connectivity index (χ2n) is 7.16. The number of hydrogen-bond donors (Lipinski definition) is 1. The molecule has 0 saturated heterocycles. The lowest BCUT2D eigenvalue weighted by Gasteiger charge is -2.08. The Balaban J connectivity index is 1.32. The maximum atomic E-state index is 13.2. The lowest BCUT2D eigenvalue weighted by Crippen LogP contribution is -2.26. The number of carbonyl (C=O) groups is 1. The van der Waals surface area contributed by atoms with Crippen LogP contribution in [-0.2, 0) is 19.2 Å². The van der Waals surface area contributed by atoms with E-state index < -0.39 is 0 Å². The van der Waals surface area contributed by atoms with Gasteiger partial charge in [0.1, 0.15) is 11.6 Å². The minimum absolute atomic E-state index is 0.166. The van der Waals surface area contributed by atoms with E-state index in [-0.39, 0.29) is 11.7 Å². The minimum atomic E-state index is -0.287. The molecule has 2 aromatic carbocycles. The Morgan fingerprint density at radius 1 is 1.03 bits per heavy atom. The van der Waals surface area contributed by atoms with E-state index in [1.165, 1.54) is 12.1 Å². The van der Waals surface area contributed by atoms with Crippen LogP contribution in [0.3, 0.4) is 0 Å². The highest BCUT2D eigenvalue weighted by Crippen LogP contribution is 2.21. The summed E-state index contributed by atoms with van der Waals surface area (Å²) in [5.74, 6) is 1.06. The number of hydrogen-bond acceptors (Lipinski definition) is 5. The largest absolute Gasteiger partial charge is 0.352 e. The first-order valence-electron chi connectivity index (χ1n) is 10.2. The van der Waals surface area contributed by atoms with Gasteiger partial charge >= 0.3 is 0 Å². The van der Waals surface area contributed by atoms with Crippen LogP contribution in [0.4, 0.5) is 4.39 Å². The highest BCUT2D eigenvalue weighted by molar-refractivity contribution is 7.98. The molecule has 2 aromatic heterocycles. The van der Waals surface area contributed by atoms with Crippen molar-refractivity contribution in [2.75, 3.05) is 6.54 Å². The monoisotopic (exact) mass is 447 g/mol. The Bertz CT molecular complexity index is 1190. The average molecular weight is 448 g/mol. The maximum Gasteiger partial charge on any atom is 0.251 e. The Morgan fingerprint density at radius 2 is 1.88 bits per heavy atom. The highest BCUT2D eigenvalue weighted by atomic mass is 32.2. The molecule has 0 unspecified atom stereocenters. The molecular weight excluding hydrogens is 425 g/mol. The van der Waals surface area contributed by atoms with Crippen LogP contribution in [-0.4, -0.2) is 32.2 Å². The fraction of sp³-hybridized carbons (Fsp3) is 0.167. The molecule has 0 fully saturated rings. The van der Waals surface area contributed by atoms with Crippen molar-refractivity contribution >= 4 is 17.7 Å². The number of rotatable bonds is 8. The van der Waals surface area contributed by atoms with Crippen LogP contribution in [0.2, 0.25) is 0 Å². The molecule has 32 heavy (non-hydrogen) atoms. The van der Waals surface area contributed by atoms with Crippen LogP contribution in [0, 0.1) is 5.82 Å². The van der Waals surface area contributed by atoms with Crippen molar-refractivity contribution in [2.24, 2.45) is 7.05 Å². The first kappa shape index (κ1) is 21.7. The van der Waals surface area contributed by atoms with Gasteiger partial charge in [-0.3, -0.25) is 9.78 Å². The molecule has 162 valence electrons. The number of nitrogens with zero attached hydrogens (tertiary/aromatic N) is 4. The van der Waals surface area contributed by atoms with Gasteiger partial charge in [0.25, 0.3) is 5.91 Å². The maximum absolute atomic E-state index is 13.2. The molecule has 0 atom stereocenters. The van der Waals surface area contributed by atoms with Crippen LogP contribution < -0.4 is 5.32 Å². The summed E-state index contributed by atoms with van der Waals surface area (Å²) in [6.07, 6.45) is 2.34. The van der Waals surface area contributed by atoms with E-state index >= 15 is 0 Å². The van der Waals surface area contributed by atoms with E-state index in [0.29, 0.717) is 24.3 Å². The van der Waals surface area contributed by atoms with Gasteiger partial charge in [-0.2, -0.15) is 0 Å². The van der Waals surface area contributed by atoms with Gasteiger partial charge in [-0.25, -0.2) is 4.39 Å². The van der Waals surface area contributed by atoms with Gasteiger partial charge in [-0.1, -0.05) is 42.1 Å². The Kier molecular flexibility index (Phi) is 6.91. The average Bonchev–Trinajstić information content (AvgIpc) is 3.18. The molecular formula is C24H22FN5OS. The molecule has 0 spiro atoms. The summed E-state index contributed by atoms with van der Waals surface area (Å²) in [7, 11) is 1.92. The van der Waals surface area contributed by atoms with Crippen molar-refractivity contribution in [1.82, 2.24) is 25.1 Å². The molecule has 0 bridgehead atoms. The number of thioether (sulfide) groups is 1. The lowest BCUT2D eigenvalue weighted by atomic mass is 10.0. The van der Waals surface area contributed by atoms with E-state index in [0.717, 1.165) is 27.8 Å². The second kappa shape index (κ2) is 10.2. The number of benzene rings is 2. The van der Waals surface area contributed by atoms with Gasteiger partial charge in [0.2, 0.25) is 0 Å². The molecule has 4 aromatic rings. The summed E-state index contributed by atoms with van der Waals surface area (Å²) in [4.78, 5) is 16.9. The normalized spacial score (nSPS) is 10.8. The van der Waals surface area contributed by atoms with Gasteiger partial charge in [0, 0.05) is 37.5 Å². The van der Waals surface area contributed by atoms with Gasteiger partial charge in [0.15, 0.2) is 5.16 Å². The molecule has 0 aliphatic rings. The highest BCUT2D eigenvalue weighted by Gasteiger charge is 2.11. The number of halogens is 1. The number of carbonyl (C=O) groups excluding carboxylic acids is 1. The van der Waals surface area contributed by atoms with Crippen molar-refractivity contribution < 1.29 is 9.18 Å². The molecule has 2 heterocycles. The van der Waals surface area contributed by atoms with Crippen LogP contribution in [0.15, 0.2) is 78.1 Å². The molecule has 0 saturated carbocycles. The molecule has 0 aliphatic carbocycles. The number of nitrogens with one attached hydrogen (secondary N) is 1. The minimum Gasteiger partial charge on any atom is -0.352 e. The van der Waals surface area contributed by atoms with Gasteiger partial charge < -0.3 is 9.88 Å². The molecule has 0 aliphatic heterocycles. The molecule has 1 amide bonds. The number of amides is 1. The smallest absolute Gasteiger partial charge is 0.251 e. The second-order valence-corrected chi connectivity index (χ2v) is 8.10. The fourth-order valence-electron chi connectivity index (χ4n) is 3.18. The summed E-state index contributed by atoms with van der Waals surface area (Å²) < 4.78 is 15.1. The molecule has 1 N–H and O–H groups in total. The first-order chi connectivity index (χ1) is 15.6. The van der Waals surface area contributed by atoms with Crippen LogP contribution in [0.25, 0.3) is 11.1 Å². The summed E-state index contributed by atoms with van der Waals surface area (Å²) in [5, 5.41) is 12.2. The zero-order valence-electron chi connectivity index (χ0n) is 17.5. The predicted molar refractivity (Wildman–Crippen MR) is 123 cm³/mol. The molecule has 0 radical (unpaired) electrons. The van der Waals surface area contributed by atoms with Gasteiger partial charge in [0.05, 0.1) is 5.69 Å². The van der Waals surface area contributed by atoms with Crippen LogP contribution in [0.5, 0.6) is 0 Å². The van der Waals surface area contributed by atoms with Crippen LogP contribution >= 0.6 is 11.8 Å². The predicted octanol–water partition coefficient (Wildman–Crippen LogP) is 4.28. The van der Waals surface area contributed by atoms with Gasteiger partial charge in [-0.15, -0.1) is 10.2 Å². The van der Waals surface area contributed by atoms with E-state index in [1.54, 1.807) is 42.2 Å². The third-order valence-corrected chi connectivity index (χ3v) is 5.99. The summed E-state index contributed by atoms with van der Waals surface area (Å²) in [6.45, 7) is 0.441. The van der Waals surface area contributed by atoms with Crippen LogP contribution in [0.1, 0.15) is 21.9 Å². The standard InChI is InChI=1S/C24H22FN5OS/c1-30-22(28-29-24(30)32-16-21-7-2-3-13-26-21)12-14-27-23(31)19-6-4-5-18(15-19)17-8-10-20(25)11-9-17/h2-11,13,15H,12,14,16H2,1H3,(H,27,31). The molecule has 4 rings (SSSR count). The van der Waals surface area contributed by atoms with Crippen molar-refractivity contribution in [2.45, 2.75) is 17.3 Å². The fourth-order valence-corrected chi connectivity index (χ4v) is 4.03. The van der Waals surface area contributed by atoms with E-state index in [4.69, 9.17) is 0 Å². The number of aromatic nitrogens is 4. The lowest BCUT2D eigenvalue weighted by molar-refractivity contribution is 0.0954. The quantitative estimate of drug-likeness (QED) is 0.408. The summed E-state index contributed by atoms with van der Waals surface area (Å²) >= 11 is 1.57. The third kappa shape index (κ3) is 5.39. The zero-order valence-corrected chi connectivity index (χ0v) is 18.3. The Morgan fingerprint density at radius 3 is 2.66 bits per heavy atom. The van der Waals surface area contributed by atoms with E-state index in [9.17, 15) is 9.18 Å². The summed E-state index contributed by atoms with van der Waals surface area (Å²) in [6, 6.07) is 19.3. The molecule has 8 heteroatoms.